The van der Waals surface area contributed by atoms with Crippen LogP contribution in [-0.4, -0.2) is 35.1 Å². The van der Waals surface area contributed by atoms with Crippen LogP contribution in [0.4, 0.5) is 0 Å². The molecule has 0 heterocycles. The van der Waals surface area contributed by atoms with Crippen molar-refractivity contribution in [2.75, 3.05) is 0 Å². The van der Waals surface area contributed by atoms with Crippen molar-refractivity contribution in [2.45, 2.75) is 99.0 Å². The van der Waals surface area contributed by atoms with Crippen LogP contribution in [0.1, 0.15) is 103 Å². The van der Waals surface area contributed by atoms with Gasteiger partial charge in [-0.1, -0.05) is 97.1 Å². The summed E-state index contributed by atoms with van der Waals surface area (Å²) in [5, 5.41) is 2.78. The Balaban J connectivity index is 2.02. The van der Waals surface area contributed by atoms with Gasteiger partial charge in [0.05, 0.1) is 12.0 Å². The number of hydrogen-bond acceptors (Lipinski definition) is 5. The first-order valence-electron chi connectivity index (χ1n) is 13.8. The van der Waals surface area contributed by atoms with Gasteiger partial charge in [-0.2, -0.15) is 0 Å². The zero-order valence-electron chi connectivity index (χ0n) is 23.5. The SMILES string of the molecule is CC(C)[C@H](CC(=O)[C@H](C)NC(=O)[C@@H](CC(=O)c1ccccc1)C(C)(C)C)C(=O)C(=O)CC1CCCCC1. The maximum atomic E-state index is 13.2. The Morgan fingerprint density at radius 3 is 2.03 bits per heavy atom. The maximum Gasteiger partial charge on any atom is 0.224 e. The highest BCUT2D eigenvalue weighted by Gasteiger charge is 2.36. The lowest BCUT2D eigenvalue weighted by atomic mass is 9.76. The third-order valence-corrected chi connectivity index (χ3v) is 7.73. The predicted octanol–water partition coefficient (Wildman–Crippen LogP) is 5.77. The van der Waals surface area contributed by atoms with Gasteiger partial charge in [-0.05, 0) is 24.2 Å². The van der Waals surface area contributed by atoms with Crippen LogP contribution in [0.15, 0.2) is 30.3 Å². The summed E-state index contributed by atoms with van der Waals surface area (Å²) in [4.78, 5) is 64.9. The quantitative estimate of drug-likeness (QED) is 0.268. The molecule has 1 amide bonds. The van der Waals surface area contributed by atoms with E-state index in [0.29, 0.717) is 5.56 Å². The van der Waals surface area contributed by atoms with Crippen LogP contribution < -0.4 is 5.32 Å². The van der Waals surface area contributed by atoms with Gasteiger partial charge in [0.15, 0.2) is 17.3 Å². The molecule has 0 saturated heterocycles. The summed E-state index contributed by atoms with van der Waals surface area (Å²) in [5.74, 6) is -2.84. The van der Waals surface area contributed by atoms with E-state index in [1.54, 1.807) is 31.2 Å². The average molecular weight is 512 g/mol. The molecule has 1 aromatic rings. The molecule has 1 aliphatic carbocycles. The van der Waals surface area contributed by atoms with Crippen molar-refractivity contribution >= 4 is 29.0 Å². The lowest BCUT2D eigenvalue weighted by molar-refractivity contribution is -0.142. The fourth-order valence-corrected chi connectivity index (χ4v) is 5.10. The molecule has 0 radical (unpaired) electrons. The Hall–Kier alpha value is -2.63. The molecular weight excluding hydrogens is 466 g/mol. The van der Waals surface area contributed by atoms with E-state index in [1.165, 1.54) is 6.42 Å². The number of rotatable bonds is 13. The van der Waals surface area contributed by atoms with Crippen molar-refractivity contribution in [2.24, 2.45) is 29.1 Å². The standard InChI is InChI=1S/C31H45NO5/c1-20(2)24(29(36)28(35)17-22-13-9-7-10-14-22)18-26(33)21(3)32-30(37)25(31(4,5)6)19-27(34)23-15-11-8-12-16-23/h8,11-12,15-16,20-22,24-25H,7,9-10,13-14,17-19H2,1-6H3,(H,32,37)/t21-,24-,25+/m0/s1. The van der Waals surface area contributed by atoms with E-state index >= 15 is 0 Å². The summed E-state index contributed by atoms with van der Waals surface area (Å²) in [6.07, 6.45) is 5.56. The van der Waals surface area contributed by atoms with Crippen molar-refractivity contribution in [3.05, 3.63) is 35.9 Å². The molecule has 2 rings (SSSR count). The molecule has 0 spiro atoms. The van der Waals surface area contributed by atoms with Crippen LogP contribution in [-0.2, 0) is 19.2 Å². The number of ketones is 4. The number of Topliss-reactive ketones (excluding diaryl/α,β-unsaturated/α-hetero) is 4. The summed E-state index contributed by atoms with van der Waals surface area (Å²) in [7, 11) is 0. The molecule has 1 saturated carbocycles. The second kappa shape index (κ2) is 13.8. The Morgan fingerprint density at radius 1 is 0.892 bits per heavy atom. The van der Waals surface area contributed by atoms with Gasteiger partial charge in [-0.3, -0.25) is 24.0 Å². The van der Waals surface area contributed by atoms with Crippen LogP contribution in [0.25, 0.3) is 0 Å². The molecular formula is C31H45NO5. The zero-order valence-corrected chi connectivity index (χ0v) is 23.5. The van der Waals surface area contributed by atoms with Gasteiger partial charge >= 0.3 is 0 Å². The fraction of sp³-hybridized carbons (Fsp3) is 0.645. The minimum absolute atomic E-state index is 0.0308. The highest BCUT2D eigenvalue weighted by molar-refractivity contribution is 6.38. The first-order chi connectivity index (χ1) is 17.3. The third-order valence-electron chi connectivity index (χ3n) is 7.73. The van der Waals surface area contributed by atoms with E-state index in [4.69, 9.17) is 0 Å². The summed E-state index contributed by atoms with van der Waals surface area (Å²) < 4.78 is 0. The van der Waals surface area contributed by atoms with Crippen molar-refractivity contribution in [1.82, 2.24) is 5.32 Å². The number of benzene rings is 1. The van der Waals surface area contributed by atoms with Crippen molar-refractivity contribution in [3.8, 4) is 0 Å². The van der Waals surface area contributed by atoms with Crippen molar-refractivity contribution in [3.63, 3.8) is 0 Å². The van der Waals surface area contributed by atoms with E-state index in [1.807, 2.05) is 40.7 Å². The molecule has 1 aromatic carbocycles. The van der Waals surface area contributed by atoms with Gasteiger partial charge in [-0.15, -0.1) is 0 Å². The highest BCUT2D eigenvalue weighted by atomic mass is 16.2. The number of hydrogen-bond donors (Lipinski definition) is 1. The molecule has 1 N–H and O–H groups in total. The molecule has 0 aromatic heterocycles. The molecule has 37 heavy (non-hydrogen) atoms. The molecule has 0 aliphatic heterocycles. The number of carbonyl (C=O) groups is 5. The highest BCUT2D eigenvalue weighted by Crippen LogP contribution is 2.31. The third kappa shape index (κ3) is 9.32. The van der Waals surface area contributed by atoms with E-state index in [0.717, 1.165) is 25.7 Å². The van der Waals surface area contributed by atoms with E-state index in [-0.39, 0.29) is 54.4 Å². The topological polar surface area (TPSA) is 97.4 Å². The van der Waals surface area contributed by atoms with Gasteiger partial charge < -0.3 is 5.32 Å². The van der Waals surface area contributed by atoms with Crippen molar-refractivity contribution < 1.29 is 24.0 Å². The first-order valence-corrected chi connectivity index (χ1v) is 13.8. The zero-order chi connectivity index (χ0) is 27.8. The second-order valence-corrected chi connectivity index (χ2v) is 12.2. The van der Waals surface area contributed by atoms with Gasteiger partial charge in [0.2, 0.25) is 11.7 Å². The number of carbonyl (C=O) groups excluding carboxylic acids is 5. The minimum Gasteiger partial charge on any atom is -0.346 e. The molecule has 6 nitrogen and oxygen atoms in total. The minimum atomic E-state index is -0.827. The fourth-order valence-electron chi connectivity index (χ4n) is 5.10. The van der Waals surface area contributed by atoms with Gasteiger partial charge in [-0.25, -0.2) is 0 Å². The number of amides is 1. The van der Waals surface area contributed by atoms with E-state index < -0.39 is 29.1 Å². The van der Waals surface area contributed by atoms with Crippen LogP contribution in [0, 0.1) is 29.1 Å². The molecule has 0 unspecified atom stereocenters. The maximum absolute atomic E-state index is 13.2. The Bertz CT molecular complexity index is 954. The Morgan fingerprint density at radius 2 is 1.49 bits per heavy atom. The molecule has 204 valence electrons. The summed E-state index contributed by atoms with van der Waals surface area (Å²) >= 11 is 0. The van der Waals surface area contributed by atoms with E-state index in [2.05, 4.69) is 5.32 Å². The smallest absolute Gasteiger partial charge is 0.224 e. The normalized spacial score (nSPS) is 17.1. The Labute approximate surface area is 222 Å². The van der Waals surface area contributed by atoms with Crippen LogP contribution in [0.2, 0.25) is 0 Å². The lowest BCUT2D eigenvalue weighted by Gasteiger charge is -2.30. The predicted molar refractivity (Wildman–Crippen MR) is 145 cm³/mol. The number of nitrogens with one attached hydrogen (secondary N) is 1. The summed E-state index contributed by atoms with van der Waals surface area (Å²) in [6.45, 7) is 11.0. The van der Waals surface area contributed by atoms with Gasteiger partial charge in [0.1, 0.15) is 0 Å². The van der Waals surface area contributed by atoms with Crippen LogP contribution in [0.5, 0.6) is 0 Å². The molecule has 1 aliphatic rings. The largest absolute Gasteiger partial charge is 0.346 e. The first kappa shape index (κ1) is 30.6. The second-order valence-electron chi connectivity index (χ2n) is 12.2. The average Bonchev–Trinajstić information content (AvgIpc) is 2.85. The monoisotopic (exact) mass is 511 g/mol. The lowest BCUT2D eigenvalue weighted by Crippen LogP contribution is -2.46. The summed E-state index contributed by atoms with van der Waals surface area (Å²) in [5.41, 5.74) is 0.0454. The van der Waals surface area contributed by atoms with Gasteiger partial charge in [0.25, 0.3) is 0 Å². The van der Waals surface area contributed by atoms with Crippen LogP contribution >= 0.6 is 0 Å². The summed E-state index contributed by atoms with van der Waals surface area (Å²) in [6, 6.07) is 8.03. The van der Waals surface area contributed by atoms with Gasteiger partial charge in [0, 0.05) is 30.7 Å². The molecule has 3 atom stereocenters. The molecule has 1 fully saturated rings. The van der Waals surface area contributed by atoms with E-state index in [9.17, 15) is 24.0 Å². The van der Waals surface area contributed by atoms with Crippen LogP contribution in [0.3, 0.4) is 0 Å². The molecule has 6 heteroatoms. The van der Waals surface area contributed by atoms with Crippen molar-refractivity contribution in [1.29, 1.82) is 0 Å². The molecule has 0 bridgehead atoms. The Kier molecular flexibility index (Phi) is 11.4.